The van der Waals surface area contributed by atoms with E-state index in [1.165, 1.54) is 0 Å². The van der Waals surface area contributed by atoms with Gasteiger partial charge in [0.25, 0.3) is 5.89 Å². The average molecular weight is 363 g/mol. The topological polar surface area (TPSA) is 68.5 Å². The molecule has 0 N–H and O–H groups in total. The SMILES string of the molecule is COc1ccc(N2C[C@H](c3noc(-c4cc(C)cc(C)c4)n3)CC2=O)cc1. The second-order valence-electron chi connectivity index (χ2n) is 6.94. The predicted molar refractivity (Wildman–Crippen MR) is 102 cm³/mol. The molecule has 138 valence electrons. The third-order valence-corrected chi connectivity index (χ3v) is 4.78. The van der Waals surface area contributed by atoms with E-state index >= 15 is 0 Å². The molecule has 0 spiro atoms. The fourth-order valence-corrected chi connectivity index (χ4v) is 3.51. The minimum Gasteiger partial charge on any atom is -0.497 e. The first-order valence-electron chi connectivity index (χ1n) is 8.90. The highest BCUT2D eigenvalue weighted by molar-refractivity contribution is 5.96. The van der Waals surface area contributed by atoms with Gasteiger partial charge >= 0.3 is 0 Å². The molecule has 1 atom stereocenters. The van der Waals surface area contributed by atoms with Crippen molar-refractivity contribution < 1.29 is 14.1 Å². The Bertz CT molecular complexity index is 958. The highest BCUT2D eigenvalue weighted by Crippen LogP contribution is 2.32. The number of nitrogens with zero attached hydrogens (tertiary/aromatic N) is 3. The van der Waals surface area contributed by atoms with E-state index in [2.05, 4.69) is 16.2 Å². The Hall–Kier alpha value is -3.15. The Labute approximate surface area is 157 Å². The van der Waals surface area contributed by atoms with Gasteiger partial charge in [-0.05, 0) is 50.2 Å². The van der Waals surface area contributed by atoms with Crippen LogP contribution in [0, 0.1) is 13.8 Å². The van der Waals surface area contributed by atoms with Crippen LogP contribution in [0.2, 0.25) is 0 Å². The summed E-state index contributed by atoms with van der Waals surface area (Å²) >= 11 is 0. The molecule has 1 aliphatic heterocycles. The van der Waals surface area contributed by atoms with Gasteiger partial charge in [0.15, 0.2) is 5.82 Å². The average Bonchev–Trinajstić information content (AvgIpc) is 3.28. The molecule has 0 unspecified atom stereocenters. The zero-order valence-corrected chi connectivity index (χ0v) is 15.6. The second kappa shape index (κ2) is 6.87. The third kappa shape index (κ3) is 3.43. The number of anilines is 1. The van der Waals surface area contributed by atoms with Gasteiger partial charge in [0.2, 0.25) is 5.91 Å². The van der Waals surface area contributed by atoms with E-state index < -0.39 is 0 Å². The molecule has 1 fully saturated rings. The third-order valence-electron chi connectivity index (χ3n) is 4.78. The van der Waals surface area contributed by atoms with Gasteiger partial charge in [-0.15, -0.1) is 0 Å². The summed E-state index contributed by atoms with van der Waals surface area (Å²) in [4.78, 5) is 18.8. The normalized spacial score (nSPS) is 16.8. The van der Waals surface area contributed by atoms with Crippen molar-refractivity contribution >= 4 is 11.6 Å². The molecule has 0 radical (unpaired) electrons. The summed E-state index contributed by atoms with van der Waals surface area (Å²) in [5.74, 6) is 1.81. The molecule has 1 aliphatic rings. The molecule has 0 bridgehead atoms. The van der Waals surface area contributed by atoms with E-state index in [0.29, 0.717) is 24.7 Å². The summed E-state index contributed by atoms with van der Waals surface area (Å²) in [5.41, 5.74) is 4.04. The van der Waals surface area contributed by atoms with Crippen molar-refractivity contribution in [3.05, 3.63) is 59.4 Å². The fraction of sp³-hybridized carbons (Fsp3) is 0.286. The second-order valence-corrected chi connectivity index (χ2v) is 6.94. The van der Waals surface area contributed by atoms with Gasteiger partial charge in [-0.1, -0.05) is 22.3 Å². The number of carbonyl (C=O) groups excluding carboxylic acids is 1. The lowest BCUT2D eigenvalue weighted by molar-refractivity contribution is -0.117. The molecular weight excluding hydrogens is 342 g/mol. The monoisotopic (exact) mass is 363 g/mol. The summed E-state index contributed by atoms with van der Waals surface area (Å²) in [6.07, 6.45) is 0.373. The van der Waals surface area contributed by atoms with Crippen LogP contribution in [0.5, 0.6) is 5.75 Å². The molecule has 27 heavy (non-hydrogen) atoms. The molecule has 1 amide bonds. The van der Waals surface area contributed by atoms with Crippen molar-refractivity contribution in [1.29, 1.82) is 0 Å². The van der Waals surface area contributed by atoms with E-state index in [1.807, 2.05) is 50.2 Å². The lowest BCUT2D eigenvalue weighted by atomic mass is 10.1. The Kier molecular flexibility index (Phi) is 4.39. The maximum absolute atomic E-state index is 12.5. The summed E-state index contributed by atoms with van der Waals surface area (Å²) < 4.78 is 10.6. The van der Waals surface area contributed by atoms with Crippen LogP contribution in [0.4, 0.5) is 5.69 Å². The van der Waals surface area contributed by atoms with Gasteiger partial charge in [-0.3, -0.25) is 4.79 Å². The minimum atomic E-state index is -0.0805. The van der Waals surface area contributed by atoms with Crippen molar-refractivity contribution in [2.45, 2.75) is 26.2 Å². The smallest absolute Gasteiger partial charge is 0.257 e. The zero-order chi connectivity index (χ0) is 19.0. The summed E-state index contributed by atoms with van der Waals surface area (Å²) in [6.45, 7) is 4.61. The Morgan fingerprint density at radius 2 is 1.81 bits per heavy atom. The number of rotatable bonds is 4. The lowest BCUT2D eigenvalue weighted by Gasteiger charge is -2.16. The Morgan fingerprint density at radius 3 is 2.48 bits per heavy atom. The van der Waals surface area contributed by atoms with Crippen molar-refractivity contribution in [2.75, 3.05) is 18.6 Å². The molecule has 1 aromatic heterocycles. The van der Waals surface area contributed by atoms with Gasteiger partial charge in [0.1, 0.15) is 5.75 Å². The van der Waals surface area contributed by atoms with Crippen LogP contribution in [0.25, 0.3) is 11.5 Å². The van der Waals surface area contributed by atoms with Crippen LogP contribution < -0.4 is 9.64 Å². The van der Waals surface area contributed by atoms with Gasteiger partial charge < -0.3 is 14.2 Å². The molecule has 4 rings (SSSR count). The van der Waals surface area contributed by atoms with E-state index in [4.69, 9.17) is 9.26 Å². The summed E-state index contributed by atoms with van der Waals surface area (Å²) in [7, 11) is 1.62. The van der Waals surface area contributed by atoms with E-state index in [9.17, 15) is 4.79 Å². The van der Waals surface area contributed by atoms with Crippen LogP contribution in [0.3, 0.4) is 0 Å². The molecule has 0 aliphatic carbocycles. The molecule has 6 nitrogen and oxygen atoms in total. The maximum atomic E-state index is 12.5. The number of methoxy groups -OCH3 is 1. The first-order valence-corrected chi connectivity index (χ1v) is 8.90. The molecule has 0 saturated carbocycles. The van der Waals surface area contributed by atoms with Crippen molar-refractivity contribution in [2.24, 2.45) is 0 Å². The Morgan fingerprint density at radius 1 is 1.11 bits per heavy atom. The molecular formula is C21H21N3O3. The van der Waals surface area contributed by atoms with Crippen LogP contribution in [-0.4, -0.2) is 29.7 Å². The van der Waals surface area contributed by atoms with Crippen molar-refractivity contribution in [3.63, 3.8) is 0 Å². The number of hydrogen-bond donors (Lipinski definition) is 0. The largest absolute Gasteiger partial charge is 0.497 e. The number of ether oxygens (including phenoxy) is 1. The van der Waals surface area contributed by atoms with E-state index in [-0.39, 0.29) is 11.8 Å². The summed E-state index contributed by atoms with van der Waals surface area (Å²) in [6, 6.07) is 13.6. The van der Waals surface area contributed by atoms with Gasteiger partial charge in [0, 0.05) is 30.1 Å². The lowest BCUT2D eigenvalue weighted by Crippen LogP contribution is -2.24. The van der Waals surface area contributed by atoms with E-state index in [1.54, 1.807) is 12.0 Å². The highest BCUT2D eigenvalue weighted by atomic mass is 16.5. The van der Waals surface area contributed by atoms with E-state index in [0.717, 1.165) is 28.1 Å². The van der Waals surface area contributed by atoms with Crippen molar-refractivity contribution in [1.82, 2.24) is 10.1 Å². The molecule has 2 aromatic carbocycles. The molecule has 6 heteroatoms. The number of hydrogen-bond acceptors (Lipinski definition) is 5. The Balaban J connectivity index is 1.54. The summed E-state index contributed by atoms with van der Waals surface area (Å²) in [5, 5.41) is 4.14. The zero-order valence-electron chi connectivity index (χ0n) is 15.6. The highest BCUT2D eigenvalue weighted by Gasteiger charge is 2.34. The fourth-order valence-electron chi connectivity index (χ4n) is 3.51. The van der Waals surface area contributed by atoms with Crippen LogP contribution in [0.15, 0.2) is 47.0 Å². The number of carbonyl (C=O) groups is 1. The molecule has 2 heterocycles. The first-order chi connectivity index (χ1) is 13.0. The maximum Gasteiger partial charge on any atom is 0.257 e. The minimum absolute atomic E-state index is 0.0583. The number of benzene rings is 2. The van der Waals surface area contributed by atoms with Crippen LogP contribution >= 0.6 is 0 Å². The quantitative estimate of drug-likeness (QED) is 0.703. The van der Waals surface area contributed by atoms with Crippen LogP contribution in [0.1, 0.15) is 29.3 Å². The van der Waals surface area contributed by atoms with Gasteiger partial charge in [0.05, 0.1) is 7.11 Å². The first kappa shape index (κ1) is 17.3. The van der Waals surface area contributed by atoms with Gasteiger partial charge in [-0.2, -0.15) is 4.98 Å². The number of aryl methyl sites for hydroxylation is 2. The molecule has 3 aromatic rings. The van der Waals surface area contributed by atoms with Crippen molar-refractivity contribution in [3.8, 4) is 17.2 Å². The number of aromatic nitrogens is 2. The molecule has 1 saturated heterocycles. The van der Waals surface area contributed by atoms with Crippen LogP contribution in [-0.2, 0) is 4.79 Å². The number of amides is 1. The van der Waals surface area contributed by atoms with Gasteiger partial charge in [-0.25, -0.2) is 0 Å². The predicted octanol–water partition coefficient (Wildman–Crippen LogP) is 3.88. The standard InChI is InChI=1S/C21H21N3O3/c1-13-8-14(2)10-15(9-13)21-22-20(23-27-21)16-11-19(25)24(12-16)17-4-6-18(26-3)7-5-17/h4-10,16H,11-12H2,1-3H3/t16-/m1/s1.